The molecule has 0 saturated carbocycles. The van der Waals surface area contributed by atoms with Crippen molar-refractivity contribution in [2.24, 2.45) is 17.3 Å². The fourth-order valence-electron chi connectivity index (χ4n) is 3.38. The van der Waals surface area contributed by atoms with Crippen LogP contribution >= 0.6 is 15.9 Å². The third-order valence-corrected chi connectivity index (χ3v) is 6.35. The molecule has 9 nitrogen and oxygen atoms in total. The third-order valence-electron chi connectivity index (χ3n) is 5.71. The molecule has 2 N–H and O–H groups in total. The molecule has 216 valence electrons. The van der Waals surface area contributed by atoms with Gasteiger partial charge in [0.2, 0.25) is 18.3 Å². The molecule has 3 rings (SSSR count). The molecule has 39 heavy (non-hydrogen) atoms. The normalized spacial score (nSPS) is 16.8. The Morgan fingerprint density at radius 1 is 1.31 bits per heavy atom. The smallest absolute Gasteiger partial charge is 0.340 e. The van der Waals surface area contributed by atoms with Gasteiger partial charge in [-0.15, -0.1) is 0 Å². The fraction of sp³-hybridized carbons (Fsp3) is 0.560. The monoisotopic (exact) mass is 620 g/mol. The van der Waals surface area contributed by atoms with E-state index in [0.717, 1.165) is 10.4 Å². The van der Waals surface area contributed by atoms with Gasteiger partial charge in [0.1, 0.15) is 6.04 Å². The Morgan fingerprint density at radius 3 is 2.36 bits per heavy atom. The maximum Gasteiger partial charge on any atom is 0.471 e. The number of alkyl halides is 3. The molecule has 2 atom stereocenters. The van der Waals surface area contributed by atoms with Crippen LogP contribution in [0.5, 0.6) is 0 Å². The van der Waals surface area contributed by atoms with Crippen LogP contribution < -0.4 is 10.6 Å². The summed E-state index contributed by atoms with van der Waals surface area (Å²) in [6, 6.07) is 3.82. The minimum absolute atomic E-state index is 0.0519. The van der Waals surface area contributed by atoms with Crippen LogP contribution in [0.4, 0.5) is 17.6 Å². The first-order chi connectivity index (χ1) is 18.0. The van der Waals surface area contributed by atoms with Crippen LogP contribution in [-0.2, 0) is 14.4 Å². The van der Waals surface area contributed by atoms with E-state index < -0.39 is 36.5 Å². The van der Waals surface area contributed by atoms with Gasteiger partial charge in [-0.1, -0.05) is 41.5 Å². The molecule has 2 aromatic rings. The lowest BCUT2D eigenvalue weighted by Crippen LogP contribution is -2.44. The van der Waals surface area contributed by atoms with Crippen molar-refractivity contribution in [2.75, 3.05) is 19.6 Å². The highest BCUT2D eigenvalue weighted by molar-refractivity contribution is 9.10. The molecule has 0 bridgehead atoms. The Morgan fingerprint density at radius 2 is 1.90 bits per heavy atom. The second kappa shape index (κ2) is 14.3. The lowest BCUT2D eigenvalue weighted by molar-refractivity contribution is -0.174. The molecule has 1 fully saturated rings. The number of carbonyl (C=O) groups is 3. The molecule has 2 aromatic heterocycles. The summed E-state index contributed by atoms with van der Waals surface area (Å²) in [5, 5.41) is 16.7. The average Bonchev–Trinajstić information content (AvgIpc) is 3.39. The Hall–Kier alpha value is -3.21. The lowest BCUT2D eigenvalue weighted by atomic mass is 9.84. The standard InChI is InChI=1S/C11H17F3N2O2.C10H6BrFN4O.C4H10/c1-7-5-16(6-10(7,2)3)8(17)4-15-9(18)11(12,13)14;11-7-1-2-9(12)16-10(7)6(4-15-16)8(3-13)14-5-17;1-4(2)3/h7H,4-6H2,1-3H3,(H,15,18);1-2,4-5,8H,(H,14,17);4H,1-3H3/t7-;;/m0../s1. The Kier molecular flexibility index (Phi) is 12.4. The van der Waals surface area contributed by atoms with Gasteiger partial charge in [-0.05, 0) is 45.3 Å². The maximum atomic E-state index is 13.4. The molecule has 0 aromatic carbocycles. The number of fused-ring (bicyclic) bond motifs is 1. The van der Waals surface area contributed by atoms with Crippen molar-refractivity contribution < 1.29 is 31.9 Å². The van der Waals surface area contributed by atoms with E-state index in [1.165, 1.54) is 23.2 Å². The van der Waals surface area contributed by atoms with Crippen molar-refractivity contribution in [1.82, 2.24) is 25.1 Å². The SMILES string of the molecule is CC(C)C.C[C@H]1CN(C(=O)CNC(=O)C(F)(F)F)CC1(C)C.N#CC(NC=O)c1cnn2c(F)ccc(Br)c12. The zero-order valence-electron chi connectivity index (χ0n) is 22.6. The zero-order chi connectivity index (χ0) is 30.1. The predicted molar refractivity (Wildman–Crippen MR) is 140 cm³/mol. The minimum atomic E-state index is -4.95. The molecule has 0 spiro atoms. The molecule has 1 unspecified atom stereocenters. The first-order valence-electron chi connectivity index (χ1n) is 12.0. The number of likely N-dealkylation sites (tertiary alicyclic amines) is 1. The number of pyridine rings is 1. The highest BCUT2D eigenvalue weighted by Crippen LogP contribution is 2.34. The lowest BCUT2D eigenvalue weighted by Gasteiger charge is -2.22. The van der Waals surface area contributed by atoms with Gasteiger partial charge >= 0.3 is 12.1 Å². The van der Waals surface area contributed by atoms with Crippen LogP contribution in [0.25, 0.3) is 5.52 Å². The maximum absolute atomic E-state index is 13.4. The number of nitrogens with one attached hydrogen (secondary N) is 2. The first-order valence-corrected chi connectivity index (χ1v) is 12.8. The number of nitriles is 1. The predicted octanol–water partition coefficient (Wildman–Crippen LogP) is 4.38. The van der Waals surface area contributed by atoms with Gasteiger partial charge in [-0.2, -0.15) is 27.9 Å². The molecule has 1 aliphatic rings. The van der Waals surface area contributed by atoms with Crippen molar-refractivity contribution in [1.29, 1.82) is 5.26 Å². The van der Waals surface area contributed by atoms with Gasteiger partial charge in [0.15, 0.2) is 0 Å². The number of aromatic nitrogens is 2. The summed E-state index contributed by atoms with van der Waals surface area (Å²) >= 11 is 3.26. The van der Waals surface area contributed by atoms with E-state index in [-0.39, 0.29) is 11.3 Å². The number of hydrogen-bond acceptors (Lipinski definition) is 5. The highest BCUT2D eigenvalue weighted by Gasteiger charge is 2.41. The van der Waals surface area contributed by atoms with E-state index in [1.807, 2.05) is 26.8 Å². The molecule has 3 amide bonds. The largest absolute Gasteiger partial charge is 0.471 e. The summed E-state index contributed by atoms with van der Waals surface area (Å²) < 4.78 is 50.9. The van der Waals surface area contributed by atoms with Crippen molar-refractivity contribution in [3.8, 4) is 6.07 Å². The second-order valence-corrected chi connectivity index (χ2v) is 11.1. The summed E-state index contributed by atoms with van der Waals surface area (Å²) in [6.07, 6.45) is -3.17. The van der Waals surface area contributed by atoms with E-state index in [9.17, 15) is 31.9 Å². The summed E-state index contributed by atoms with van der Waals surface area (Å²) in [4.78, 5) is 34.1. The number of amides is 3. The quantitative estimate of drug-likeness (QED) is 0.292. The van der Waals surface area contributed by atoms with Gasteiger partial charge < -0.3 is 15.5 Å². The molecular weight excluding hydrogens is 588 g/mol. The molecule has 1 saturated heterocycles. The Labute approximate surface area is 233 Å². The zero-order valence-corrected chi connectivity index (χ0v) is 24.2. The van der Waals surface area contributed by atoms with Crippen molar-refractivity contribution >= 4 is 39.7 Å². The van der Waals surface area contributed by atoms with Crippen LogP contribution in [0.2, 0.25) is 0 Å². The first kappa shape index (κ1) is 33.8. The number of halogens is 5. The summed E-state index contributed by atoms with van der Waals surface area (Å²) in [7, 11) is 0. The van der Waals surface area contributed by atoms with Crippen LogP contribution in [0, 0.1) is 34.5 Å². The molecule has 0 aliphatic carbocycles. The average molecular weight is 621 g/mol. The van der Waals surface area contributed by atoms with Gasteiger partial charge in [-0.25, -0.2) is 4.52 Å². The van der Waals surface area contributed by atoms with Gasteiger partial charge in [0.05, 0.1) is 24.3 Å². The van der Waals surface area contributed by atoms with Gasteiger partial charge in [0, 0.05) is 23.1 Å². The van der Waals surface area contributed by atoms with Crippen LogP contribution in [0.15, 0.2) is 22.8 Å². The molecule has 3 heterocycles. The third kappa shape index (κ3) is 9.80. The van der Waals surface area contributed by atoms with Crippen molar-refractivity contribution in [3.05, 3.63) is 34.3 Å². The van der Waals surface area contributed by atoms with E-state index in [1.54, 1.807) is 5.32 Å². The van der Waals surface area contributed by atoms with E-state index in [2.05, 4.69) is 47.1 Å². The molecule has 14 heteroatoms. The van der Waals surface area contributed by atoms with E-state index in [4.69, 9.17) is 5.26 Å². The molecule has 0 radical (unpaired) electrons. The van der Waals surface area contributed by atoms with Crippen molar-refractivity contribution in [3.63, 3.8) is 0 Å². The number of nitrogens with zero attached hydrogens (tertiary/aromatic N) is 4. The Bertz CT molecular complexity index is 1190. The van der Waals surface area contributed by atoms with Crippen LogP contribution in [0.1, 0.15) is 53.1 Å². The number of rotatable bonds is 5. The molecule has 1 aliphatic heterocycles. The van der Waals surface area contributed by atoms with Crippen LogP contribution in [-0.4, -0.2) is 58.5 Å². The Balaban J connectivity index is 0.000000343. The highest BCUT2D eigenvalue weighted by atomic mass is 79.9. The fourth-order valence-corrected chi connectivity index (χ4v) is 3.91. The summed E-state index contributed by atoms with van der Waals surface area (Å²) in [6.45, 7) is 12.9. The van der Waals surface area contributed by atoms with E-state index >= 15 is 0 Å². The topological polar surface area (TPSA) is 120 Å². The van der Waals surface area contributed by atoms with Crippen molar-refractivity contribution in [2.45, 2.75) is 53.8 Å². The summed E-state index contributed by atoms with van der Waals surface area (Å²) in [5.74, 6) is -2.00. The van der Waals surface area contributed by atoms with Gasteiger partial charge in [0.25, 0.3) is 0 Å². The van der Waals surface area contributed by atoms with Gasteiger partial charge in [-0.3, -0.25) is 14.4 Å². The van der Waals surface area contributed by atoms with Crippen LogP contribution in [0.3, 0.4) is 0 Å². The second-order valence-electron chi connectivity index (χ2n) is 10.3. The van der Waals surface area contributed by atoms with E-state index in [0.29, 0.717) is 35.1 Å². The number of hydrogen-bond donors (Lipinski definition) is 2. The number of carbonyl (C=O) groups excluding carboxylic acids is 3. The molecular formula is C25H33BrF4N6O3. The minimum Gasteiger partial charge on any atom is -0.340 e. The summed E-state index contributed by atoms with van der Waals surface area (Å²) in [5.41, 5.74) is 0.806.